The van der Waals surface area contributed by atoms with Crippen molar-refractivity contribution in [3.63, 3.8) is 0 Å². The van der Waals surface area contributed by atoms with E-state index in [2.05, 4.69) is 18.0 Å². The van der Waals surface area contributed by atoms with Gasteiger partial charge in [0.15, 0.2) is 6.61 Å². The van der Waals surface area contributed by atoms with Crippen LogP contribution in [0.4, 0.5) is 4.79 Å². The molecule has 2 N–H and O–H groups in total. The fraction of sp³-hybridized carbons (Fsp3) is 0.100. The van der Waals surface area contributed by atoms with E-state index < -0.39 is 24.5 Å². The van der Waals surface area contributed by atoms with Crippen molar-refractivity contribution in [1.82, 2.24) is 10.6 Å². The number of imide groups is 1. The highest BCUT2D eigenvalue weighted by Crippen LogP contribution is 2.27. The van der Waals surface area contributed by atoms with E-state index in [9.17, 15) is 19.6 Å². The highest BCUT2D eigenvalue weighted by Gasteiger charge is 2.17. The van der Waals surface area contributed by atoms with E-state index in [0.29, 0.717) is 16.7 Å². The van der Waals surface area contributed by atoms with Gasteiger partial charge in [-0.25, -0.2) is 9.59 Å². The molecule has 0 fully saturated rings. The Morgan fingerprint density at radius 3 is 2.44 bits per heavy atom. The number of rotatable bonds is 6. The van der Waals surface area contributed by atoms with Crippen LogP contribution in [0.25, 0.3) is 11.1 Å². The lowest BCUT2D eigenvalue weighted by molar-refractivity contribution is -0.123. The zero-order chi connectivity index (χ0) is 19.6. The van der Waals surface area contributed by atoms with Crippen LogP contribution in [0.5, 0.6) is 0 Å². The third kappa shape index (κ3) is 5.28. The molecule has 0 aliphatic heterocycles. The van der Waals surface area contributed by atoms with Gasteiger partial charge >= 0.3 is 12.0 Å². The Bertz CT molecular complexity index is 915. The van der Waals surface area contributed by atoms with Crippen LogP contribution in [0.2, 0.25) is 0 Å². The monoisotopic (exact) mass is 363 g/mol. The second-order valence-corrected chi connectivity index (χ2v) is 5.33. The maximum absolute atomic E-state index is 12.4. The van der Waals surface area contributed by atoms with E-state index in [4.69, 9.17) is 4.74 Å². The van der Waals surface area contributed by atoms with Crippen LogP contribution >= 0.6 is 0 Å². The molecule has 2 aromatic rings. The molecule has 0 spiro atoms. The SMILES string of the molecule is C=CCNC(=O)NC(=O)COC(=O)c1ccccc1-c1ccccc1C#N. The molecule has 2 aromatic carbocycles. The van der Waals surface area contributed by atoms with Gasteiger partial charge in [-0.2, -0.15) is 5.26 Å². The molecule has 0 saturated carbocycles. The summed E-state index contributed by atoms with van der Waals surface area (Å²) in [6, 6.07) is 14.8. The number of nitrogens with zero attached hydrogens (tertiary/aromatic N) is 1. The van der Waals surface area contributed by atoms with E-state index in [0.717, 1.165) is 0 Å². The Labute approximate surface area is 156 Å². The summed E-state index contributed by atoms with van der Waals surface area (Å²) in [5.41, 5.74) is 1.73. The molecule has 0 bridgehead atoms. The van der Waals surface area contributed by atoms with Gasteiger partial charge in [0.25, 0.3) is 5.91 Å². The minimum absolute atomic E-state index is 0.199. The van der Waals surface area contributed by atoms with E-state index in [1.54, 1.807) is 48.5 Å². The second-order valence-electron chi connectivity index (χ2n) is 5.33. The number of benzene rings is 2. The number of hydrogen-bond acceptors (Lipinski definition) is 5. The standard InChI is InChI=1S/C20H17N3O4/c1-2-11-22-20(26)23-18(24)13-27-19(25)17-10-6-5-9-16(17)15-8-4-3-7-14(15)12-21/h2-10H,1,11,13H2,(H2,22,23,24,26). The first kappa shape index (κ1) is 19.4. The van der Waals surface area contributed by atoms with Crippen molar-refractivity contribution < 1.29 is 19.1 Å². The lowest BCUT2D eigenvalue weighted by Crippen LogP contribution is -2.41. The van der Waals surface area contributed by atoms with E-state index in [1.807, 2.05) is 5.32 Å². The van der Waals surface area contributed by atoms with Crippen molar-refractivity contribution in [3.8, 4) is 17.2 Å². The summed E-state index contributed by atoms with van der Waals surface area (Å²) in [6.45, 7) is 3.02. The summed E-state index contributed by atoms with van der Waals surface area (Å²) in [7, 11) is 0. The number of carbonyl (C=O) groups excluding carboxylic acids is 3. The minimum Gasteiger partial charge on any atom is -0.452 e. The normalized spacial score (nSPS) is 9.59. The van der Waals surface area contributed by atoms with Crippen molar-refractivity contribution in [2.75, 3.05) is 13.2 Å². The van der Waals surface area contributed by atoms with Gasteiger partial charge in [0.05, 0.1) is 17.2 Å². The lowest BCUT2D eigenvalue weighted by atomic mass is 9.96. The number of nitriles is 1. The third-order valence-electron chi connectivity index (χ3n) is 3.48. The molecular weight excluding hydrogens is 346 g/mol. The van der Waals surface area contributed by atoms with E-state index >= 15 is 0 Å². The Morgan fingerprint density at radius 2 is 1.74 bits per heavy atom. The van der Waals surface area contributed by atoms with Gasteiger partial charge in [0.1, 0.15) is 0 Å². The quantitative estimate of drug-likeness (QED) is 0.605. The summed E-state index contributed by atoms with van der Waals surface area (Å²) < 4.78 is 5.00. The predicted octanol–water partition coefficient (Wildman–Crippen LogP) is 2.39. The van der Waals surface area contributed by atoms with Crippen LogP contribution in [0.3, 0.4) is 0 Å². The van der Waals surface area contributed by atoms with Gasteiger partial charge in [0, 0.05) is 12.1 Å². The van der Waals surface area contributed by atoms with Crippen molar-refractivity contribution in [3.05, 3.63) is 72.3 Å². The van der Waals surface area contributed by atoms with Crippen LogP contribution in [0.1, 0.15) is 15.9 Å². The minimum atomic E-state index is -0.764. The van der Waals surface area contributed by atoms with Crippen LogP contribution in [-0.4, -0.2) is 31.1 Å². The molecule has 0 atom stereocenters. The molecule has 136 valence electrons. The van der Waals surface area contributed by atoms with Crippen LogP contribution in [0.15, 0.2) is 61.2 Å². The maximum Gasteiger partial charge on any atom is 0.339 e. The molecular formula is C20H17N3O4. The smallest absolute Gasteiger partial charge is 0.339 e. The lowest BCUT2D eigenvalue weighted by Gasteiger charge is -2.11. The summed E-state index contributed by atoms with van der Waals surface area (Å²) in [5, 5.41) is 13.7. The second kappa shape index (κ2) is 9.53. The first-order valence-electron chi connectivity index (χ1n) is 8.01. The molecule has 0 aliphatic carbocycles. The molecule has 7 nitrogen and oxygen atoms in total. The third-order valence-corrected chi connectivity index (χ3v) is 3.48. The number of urea groups is 1. The van der Waals surface area contributed by atoms with Gasteiger partial charge in [-0.1, -0.05) is 42.5 Å². The Hall–Kier alpha value is -3.92. The van der Waals surface area contributed by atoms with Crippen LogP contribution in [-0.2, 0) is 9.53 Å². The fourth-order valence-electron chi connectivity index (χ4n) is 2.29. The largest absolute Gasteiger partial charge is 0.452 e. The number of amides is 3. The highest BCUT2D eigenvalue weighted by atomic mass is 16.5. The highest BCUT2D eigenvalue weighted by molar-refractivity contribution is 6.00. The van der Waals surface area contributed by atoms with Crippen molar-refractivity contribution >= 4 is 17.9 Å². The Balaban J connectivity index is 2.10. The fourth-order valence-corrected chi connectivity index (χ4v) is 2.29. The molecule has 7 heteroatoms. The maximum atomic E-state index is 12.4. The number of esters is 1. The predicted molar refractivity (Wildman–Crippen MR) is 98.6 cm³/mol. The van der Waals surface area contributed by atoms with Gasteiger partial charge in [-0.05, 0) is 17.7 Å². The Morgan fingerprint density at radius 1 is 1.07 bits per heavy atom. The number of carbonyl (C=O) groups is 3. The summed E-state index contributed by atoms with van der Waals surface area (Å²) in [5.74, 6) is -1.50. The molecule has 0 saturated heterocycles. The number of nitrogens with one attached hydrogen (secondary N) is 2. The zero-order valence-corrected chi connectivity index (χ0v) is 14.4. The Kier molecular flexibility index (Phi) is 6.85. The molecule has 27 heavy (non-hydrogen) atoms. The number of ether oxygens (including phenoxy) is 1. The molecule has 0 heterocycles. The van der Waals surface area contributed by atoms with Gasteiger partial charge in [-0.3, -0.25) is 10.1 Å². The van der Waals surface area contributed by atoms with Gasteiger partial charge in [0.2, 0.25) is 0 Å². The summed E-state index contributed by atoms with van der Waals surface area (Å²) in [4.78, 5) is 35.5. The molecule has 2 rings (SSSR count). The topological polar surface area (TPSA) is 108 Å². The molecule has 3 amide bonds. The van der Waals surface area contributed by atoms with Crippen molar-refractivity contribution in [1.29, 1.82) is 5.26 Å². The first-order chi connectivity index (χ1) is 13.1. The zero-order valence-electron chi connectivity index (χ0n) is 14.4. The first-order valence-corrected chi connectivity index (χ1v) is 8.01. The van der Waals surface area contributed by atoms with Crippen LogP contribution in [0, 0.1) is 11.3 Å². The summed E-state index contributed by atoms with van der Waals surface area (Å²) >= 11 is 0. The number of hydrogen-bond donors (Lipinski definition) is 2. The van der Waals surface area contributed by atoms with E-state index in [1.165, 1.54) is 6.08 Å². The molecule has 0 unspecified atom stereocenters. The molecule has 0 radical (unpaired) electrons. The van der Waals surface area contributed by atoms with Gasteiger partial charge in [-0.15, -0.1) is 6.58 Å². The summed E-state index contributed by atoms with van der Waals surface area (Å²) in [6.07, 6.45) is 1.46. The van der Waals surface area contributed by atoms with E-state index in [-0.39, 0.29) is 12.1 Å². The van der Waals surface area contributed by atoms with Gasteiger partial charge < -0.3 is 10.1 Å². The van der Waals surface area contributed by atoms with Crippen molar-refractivity contribution in [2.45, 2.75) is 0 Å². The van der Waals surface area contributed by atoms with Crippen molar-refractivity contribution in [2.24, 2.45) is 0 Å². The molecule has 0 aliphatic rings. The van der Waals surface area contributed by atoms with Crippen LogP contribution < -0.4 is 10.6 Å². The average Bonchev–Trinajstić information content (AvgIpc) is 2.70. The molecule has 0 aromatic heterocycles. The average molecular weight is 363 g/mol.